The van der Waals surface area contributed by atoms with Gasteiger partial charge in [-0.25, -0.2) is 0 Å². The molecule has 0 amide bonds. The fourth-order valence-electron chi connectivity index (χ4n) is 5.07. The van der Waals surface area contributed by atoms with Gasteiger partial charge in [0.1, 0.15) is 0 Å². The molecule has 0 bridgehead atoms. The molecule has 0 aromatic heterocycles. The van der Waals surface area contributed by atoms with E-state index >= 15 is 0 Å². The predicted octanol–water partition coefficient (Wildman–Crippen LogP) is 8.30. The number of benzene rings is 4. The van der Waals surface area contributed by atoms with Gasteiger partial charge in [0.05, 0.1) is 40.8 Å². The topological polar surface area (TPSA) is 83.4 Å². The van der Waals surface area contributed by atoms with Gasteiger partial charge in [0.2, 0.25) is 0 Å². The van der Waals surface area contributed by atoms with Crippen LogP contribution in [0.5, 0.6) is 0 Å². The second kappa shape index (κ2) is 12.9. The summed E-state index contributed by atoms with van der Waals surface area (Å²) in [6.07, 6.45) is 0.803. The van der Waals surface area contributed by atoms with Crippen LogP contribution in [0.25, 0.3) is 11.1 Å². The Balaban J connectivity index is 1.66. The minimum Gasteiger partial charge on any atom is -0.305 e. The number of halogens is 1. The molecule has 0 radical (unpaired) electrons. The van der Waals surface area contributed by atoms with E-state index in [0.29, 0.717) is 11.1 Å². The monoisotopic (exact) mass is 634 g/mol. The van der Waals surface area contributed by atoms with Gasteiger partial charge in [0, 0.05) is 15.5 Å². The summed E-state index contributed by atoms with van der Waals surface area (Å²) >= 11 is 2.32. The van der Waals surface area contributed by atoms with E-state index in [9.17, 15) is 10.5 Å². The average Bonchev–Trinajstić information content (AvgIpc) is 2.99. The van der Waals surface area contributed by atoms with E-state index in [-0.39, 0.29) is 18.0 Å². The van der Waals surface area contributed by atoms with Gasteiger partial charge in [-0.05, 0) is 114 Å². The first-order valence-electron chi connectivity index (χ1n) is 13.3. The highest BCUT2D eigenvalue weighted by Crippen LogP contribution is 2.36. The standard InChI is InChI=1S/C35H31IN4/c1-24(33(20-25-9-17-32(36)18-10-25)31-6-4-5-27(19-31)22-38)40-34(35(2,3)23-39)30-15-13-29(14-16-30)28-11-7-26(21-37)8-12-28/h4-19,24,33-34,40H,20H2,1-3H3/t24-,33+,34?/m0/s1. The molecule has 1 unspecified atom stereocenters. The summed E-state index contributed by atoms with van der Waals surface area (Å²) in [5.41, 5.74) is 6.06. The summed E-state index contributed by atoms with van der Waals surface area (Å²) in [4.78, 5) is 0. The van der Waals surface area contributed by atoms with Crippen molar-refractivity contribution in [3.05, 3.63) is 128 Å². The van der Waals surface area contributed by atoms with E-state index < -0.39 is 5.41 Å². The number of hydrogen-bond donors (Lipinski definition) is 1. The lowest BCUT2D eigenvalue weighted by Gasteiger charge is -2.36. The van der Waals surface area contributed by atoms with Gasteiger partial charge in [0.25, 0.3) is 0 Å². The number of nitriles is 3. The van der Waals surface area contributed by atoms with Gasteiger partial charge in [-0.2, -0.15) is 15.8 Å². The summed E-state index contributed by atoms with van der Waals surface area (Å²) in [5, 5.41) is 32.6. The molecule has 1 N–H and O–H groups in total. The van der Waals surface area contributed by atoms with Crippen LogP contribution in [-0.4, -0.2) is 6.04 Å². The zero-order valence-electron chi connectivity index (χ0n) is 22.9. The van der Waals surface area contributed by atoms with Gasteiger partial charge >= 0.3 is 0 Å². The lowest BCUT2D eigenvalue weighted by atomic mass is 9.79. The Bertz CT molecular complexity index is 1570. The van der Waals surface area contributed by atoms with Crippen molar-refractivity contribution in [1.82, 2.24) is 5.32 Å². The van der Waals surface area contributed by atoms with Crippen LogP contribution in [0.1, 0.15) is 60.5 Å². The first kappa shape index (κ1) is 29.0. The molecule has 4 aromatic rings. The predicted molar refractivity (Wildman–Crippen MR) is 168 cm³/mol. The van der Waals surface area contributed by atoms with Gasteiger partial charge in [0.15, 0.2) is 0 Å². The van der Waals surface area contributed by atoms with Crippen molar-refractivity contribution in [2.24, 2.45) is 5.41 Å². The molecule has 40 heavy (non-hydrogen) atoms. The quantitative estimate of drug-likeness (QED) is 0.188. The highest BCUT2D eigenvalue weighted by molar-refractivity contribution is 14.1. The summed E-state index contributed by atoms with van der Waals surface area (Å²) in [6.45, 7) is 6.11. The molecule has 0 spiro atoms. The van der Waals surface area contributed by atoms with E-state index in [1.165, 1.54) is 9.13 Å². The Morgan fingerprint density at radius 1 is 0.750 bits per heavy atom. The van der Waals surface area contributed by atoms with Gasteiger partial charge in [-0.3, -0.25) is 0 Å². The van der Waals surface area contributed by atoms with E-state index in [0.717, 1.165) is 28.7 Å². The van der Waals surface area contributed by atoms with Crippen LogP contribution in [0.15, 0.2) is 97.1 Å². The molecule has 0 fully saturated rings. The second-order valence-corrected chi connectivity index (χ2v) is 12.0. The molecule has 0 saturated carbocycles. The molecule has 4 rings (SSSR count). The van der Waals surface area contributed by atoms with E-state index in [4.69, 9.17) is 5.26 Å². The third-order valence-corrected chi connectivity index (χ3v) is 8.17. The SMILES string of the molecule is C[C@H](NC(c1ccc(-c2ccc(C#N)cc2)cc1)C(C)(C)C#N)[C@@H](Cc1ccc(I)cc1)c1cccc(C#N)c1. The van der Waals surface area contributed by atoms with Crippen molar-refractivity contribution in [3.63, 3.8) is 0 Å². The average molecular weight is 635 g/mol. The molecule has 3 atom stereocenters. The Morgan fingerprint density at radius 2 is 1.35 bits per heavy atom. The molecule has 4 aromatic carbocycles. The molecule has 0 aliphatic carbocycles. The molecule has 4 nitrogen and oxygen atoms in total. The zero-order chi connectivity index (χ0) is 28.7. The Kier molecular flexibility index (Phi) is 9.38. The minimum atomic E-state index is -0.674. The molecule has 198 valence electrons. The number of rotatable bonds is 9. The second-order valence-electron chi connectivity index (χ2n) is 10.7. The number of nitrogens with one attached hydrogen (secondary N) is 1. The van der Waals surface area contributed by atoms with Crippen LogP contribution in [0, 0.1) is 43.0 Å². The van der Waals surface area contributed by atoms with Crippen molar-refractivity contribution < 1.29 is 0 Å². The number of hydrogen-bond acceptors (Lipinski definition) is 4. The van der Waals surface area contributed by atoms with E-state index in [1.807, 2.05) is 56.3 Å². The summed E-state index contributed by atoms with van der Waals surface area (Å²) < 4.78 is 1.19. The normalized spacial score (nSPS) is 13.3. The number of nitrogens with zero attached hydrogens (tertiary/aromatic N) is 3. The van der Waals surface area contributed by atoms with E-state index in [2.05, 4.69) is 108 Å². The first-order chi connectivity index (χ1) is 19.2. The molecular formula is C35H31IN4. The van der Waals surface area contributed by atoms with Crippen LogP contribution in [-0.2, 0) is 6.42 Å². The van der Waals surface area contributed by atoms with Crippen LogP contribution >= 0.6 is 22.6 Å². The maximum atomic E-state index is 10.2. The first-order valence-corrected chi connectivity index (χ1v) is 14.3. The highest BCUT2D eigenvalue weighted by Gasteiger charge is 2.34. The third-order valence-electron chi connectivity index (χ3n) is 7.45. The fourth-order valence-corrected chi connectivity index (χ4v) is 5.43. The molecule has 0 aliphatic heterocycles. The Hall–Kier alpha value is -3.96. The summed E-state index contributed by atoms with van der Waals surface area (Å²) in [5.74, 6) is 0.0864. The Morgan fingerprint density at radius 3 is 1.93 bits per heavy atom. The molecule has 0 aliphatic rings. The van der Waals surface area contributed by atoms with Crippen molar-refractivity contribution in [3.8, 4) is 29.3 Å². The van der Waals surface area contributed by atoms with Crippen molar-refractivity contribution in [2.45, 2.75) is 45.2 Å². The molecule has 0 saturated heterocycles. The van der Waals surface area contributed by atoms with Crippen molar-refractivity contribution in [1.29, 1.82) is 15.8 Å². The van der Waals surface area contributed by atoms with Crippen LogP contribution in [0.4, 0.5) is 0 Å². The van der Waals surface area contributed by atoms with Gasteiger partial charge in [-0.15, -0.1) is 0 Å². The fraction of sp³-hybridized carbons (Fsp3) is 0.229. The van der Waals surface area contributed by atoms with E-state index in [1.54, 1.807) is 0 Å². The molecule has 5 heteroatoms. The van der Waals surface area contributed by atoms with Gasteiger partial charge < -0.3 is 5.32 Å². The highest BCUT2D eigenvalue weighted by atomic mass is 127. The third kappa shape index (κ3) is 6.97. The summed E-state index contributed by atoms with van der Waals surface area (Å²) in [7, 11) is 0. The largest absolute Gasteiger partial charge is 0.305 e. The Labute approximate surface area is 251 Å². The van der Waals surface area contributed by atoms with Crippen LogP contribution in [0.3, 0.4) is 0 Å². The van der Waals surface area contributed by atoms with Crippen molar-refractivity contribution in [2.75, 3.05) is 0 Å². The maximum absolute atomic E-state index is 10.2. The van der Waals surface area contributed by atoms with Crippen molar-refractivity contribution >= 4 is 22.6 Å². The molecular weight excluding hydrogens is 603 g/mol. The molecule has 0 heterocycles. The smallest absolute Gasteiger partial charge is 0.0991 e. The lowest BCUT2D eigenvalue weighted by Crippen LogP contribution is -2.42. The summed E-state index contributed by atoms with van der Waals surface area (Å²) in [6, 6.07) is 39.0. The van der Waals surface area contributed by atoms with Gasteiger partial charge in [-0.1, -0.05) is 60.7 Å². The minimum absolute atomic E-state index is 0.00375. The zero-order valence-corrected chi connectivity index (χ0v) is 25.1. The lowest BCUT2D eigenvalue weighted by molar-refractivity contribution is 0.281. The maximum Gasteiger partial charge on any atom is 0.0991 e. The van der Waals surface area contributed by atoms with Crippen LogP contribution in [0.2, 0.25) is 0 Å². The van der Waals surface area contributed by atoms with Crippen LogP contribution < -0.4 is 5.32 Å².